The fourth-order valence-corrected chi connectivity index (χ4v) is 0.526. The Bertz CT molecular complexity index is 179. The monoisotopic (exact) mass is 202 g/mol. The molecule has 0 bridgehead atoms. The first-order chi connectivity index (χ1) is 6.42. The van der Waals surface area contributed by atoms with Gasteiger partial charge in [-0.1, -0.05) is 20.3 Å². The molecule has 0 rings (SSSR count). The predicted octanol–water partition coefficient (Wildman–Crippen LogP) is 0.797. The molecule has 14 heavy (non-hydrogen) atoms. The van der Waals surface area contributed by atoms with Crippen molar-refractivity contribution in [2.75, 3.05) is 13.6 Å². The van der Waals surface area contributed by atoms with Crippen LogP contribution in [0.15, 0.2) is 0 Å². The Morgan fingerprint density at radius 1 is 1.29 bits per heavy atom. The van der Waals surface area contributed by atoms with E-state index in [2.05, 4.69) is 13.8 Å². The minimum atomic E-state index is -0.698. The van der Waals surface area contributed by atoms with Crippen LogP contribution in [0.3, 0.4) is 0 Å². The number of nitrogens with two attached hydrogens (primary N) is 1. The highest BCUT2D eigenvalue weighted by molar-refractivity contribution is 6.37. The minimum Gasteiger partial charge on any atom is -0.339 e. The highest BCUT2D eigenvalue weighted by atomic mass is 16.2. The van der Waals surface area contributed by atoms with Crippen molar-refractivity contribution in [3.63, 3.8) is 0 Å². The van der Waals surface area contributed by atoms with Gasteiger partial charge in [0.1, 0.15) is 0 Å². The fraction of sp³-hybridized carbons (Fsp3) is 0.800. The van der Waals surface area contributed by atoms with Gasteiger partial charge in [0.25, 0.3) is 5.91 Å². The number of ketones is 1. The SMILES string of the molecule is CCC.CCN(C)C(=O)C(=O)C(C)N. The Labute approximate surface area is 86.5 Å². The molecule has 0 aliphatic rings. The van der Waals surface area contributed by atoms with E-state index < -0.39 is 17.7 Å². The molecule has 84 valence electrons. The van der Waals surface area contributed by atoms with Gasteiger partial charge in [0.15, 0.2) is 0 Å². The van der Waals surface area contributed by atoms with Crippen LogP contribution in [-0.4, -0.2) is 36.2 Å². The van der Waals surface area contributed by atoms with Crippen LogP contribution in [0.2, 0.25) is 0 Å². The van der Waals surface area contributed by atoms with Crippen LogP contribution >= 0.6 is 0 Å². The zero-order valence-corrected chi connectivity index (χ0v) is 9.83. The van der Waals surface area contributed by atoms with Gasteiger partial charge in [-0.15, -0.1) is 0 Å². The lowest BCUT2D eigenvalue weighted by Gasteiger charge is -2.14. The Hall–Kier alpha value is -0.900. The van der Waals surface area contributed by atoms with Crippen LogP contribution in [0, 0.1) is 0 Å². The van der Waals surface area contributed by atoms with Gasteiger partial charge in [0, 0.05) is 13.6 Å². The van der Waals surface area contributed by atoms with Crippen molar-refractivity contribution in [1.29, 1.82) is 0 Å². The van der Waals surface area contributed by atoms with E-state index in [1.165, 1.54) is 18.2 Å². The summed E-state index contributed by atoms with van der Waals surface area (Å²) in [5.41, 5.74) is 5.23. The molecule has 1 unspecified atom stereocenters. The van der Waals surface area contributed by atoms with Crippen molar-refractivity contribution >= 4 is 11.7 Å². The van der Waals surface area contributed by atoms with E-state index in [9.17, 15) is 9.59 Å². The largest absolute Gasteiger partial charge is 0.339 e. The molecule has 4 nitrogen and oxygen atoms in total. The van der Waals surface area contributed by atoms with Crippen molar-refractivity contribution in [2.45, 2.75) is 40.2 Å². The molecule has 0 spiro atoms. The lowest BCUT2D eigenvalue weighted by molar-refractivity contribution is -0.144. The van der Waals surface area contributed by atoms with E-state index in [0.29, 0.717) is 6.54 Å². The van der Waals surface area contributed by atoms with E-state index in [4.69, 9.17) is 5.73 Å². The van der Waals surface area contributed by atoms with E-state index in [-0.39, 0.29) is 0 Å². The summed E-state index contributed by atoms with van der Waals surface area (Å²) in [6.07, 6.45) is 1.25. The Morgan fingerprint density at radius 3 is 1.86 bits per heavy atom. The first-order valence-corrected chi connectivity index (χ1v) is 4.97. The smallest absolute Gasteiger partial charge is 0.291 e. The lowest BCUT2D eigenvalue weighted by atomic mass is 10.2. The molecular weight excluding hydrogens is 180 g/mol. The summed E-state index contributed by atoms with van der Waals surface area (Å²) in [4.78, 5) is 23.3. The number of hydrogen-bond donors (Lipinski definition) is 1. The highest BCUT2D eigenvalue weighted by Gasteiger charge is 2.20. The van der Waals surface area contributed by atoms with Crippen LogP contribution in [0.1, 0.15) is 34.1 Å². The number of carbonyl (C=O) groups is 2. The second-order valence-corrected chi connectivity index (χ2v) is 3.18. The molecule has 1 atom stereocenters. The molecule has 0 aromatic heterocycles. The Kier molecular flexibility index (Phi) is 9.66. The van der Waals surface area contributed by atoms with Gasteiger partial charge in [0.05, 0.1) is 6.04 Å². The van der Waals surface area contributed by atoms with Crippen molar-refractivity contribution in [1.82, 2.24) is 4.90 Å². The number of rotatable bonds is 3. The lowest BCUT2D eigenvalue weighted by Crippen LogP contribution is -2.41. The molecule has 2 N–H and O–H groups in total. The third kappa shape index (κ3) is 6.60. The second-order valence-electron chi connectivity index (χ2n) is 3.18. The van der Waals surface area contributed by atoms with Gasteiger partial charge < -0.3 is 10.6 Å². The first kappa shape index (κ1) is 15.6. The zero-order valence-electron chi connectivity index (χ0n) is 9.83. The van der Waals surface area contributed by atoms with E-state index in [0.717, 1.165) is 0 Å². The van der Waals surface area contributed by atoms with Gasteiger partial charge >= 0.3 is 0 Å². The van der Waals surface area contributed by atoms with Crippen LogP contribution in [0.5, 0.6) is 0 Å². The molecule has 0 aliphatic heterocycles. The van der Waals surface area contributed by atoms with E-state index in [1.807, 2.05) is 0 Å². The summed E-state index contributed by atoms with van der Waals surface area (Å²) < 4.78 is 0. The van der Waals surface area contributed by atoms with Gasteiger partial charge in [-0.2, -0.15) is 0 Å². The van der Waals surface area contributed by atoms with Crippen molar-refractivity contribution in [3.8, 4) is 0 Å². The summed E-state index contributed by atoms with van der Waals surface area (Å²) in [6.45, 7) is 8.08. The van der Waals surface area contributed by atoms with Crippen LogP contribution in [0.25, 0.3) is 0 Å². The average Bonchev–Trinajstić information content (AvgIpc) is 2.15. The fourth-order valence-electron chi connectivity index (χ4n) is 0.526. The molecular formula is C10H22N2O2. The van der Waals surface area contributed by atoms with Crippen LogP contribution in [-0.2, 0) is 9.59 Å². The molecule has 0 aliphatic carbocycles. The molecule has 4 heteroatoms. The summed E-state index contributed by atoms with van der Waals surface area (Å²) in [5, 5.41) is 0. The predicted molar refractivity (Wildman–Crippen MR) is 57.9 cm³/mol. The zero-order chi connectivity index (χ0) is 11.7. The summed E-state index contributed by atoms with van der Waals surface area (Å²) in [6, 6.07) is -0.698. The van der Waals surface area contributed by atoms with Gasteiger partial charge in [-0.05, 0) is 13.8 Å². The highest BCUT2D eigenvalue weighted by Crippen LogP contribution is 1.88. The molecule has 0 saturated heterocycles. The second kappa shape index (κ2) is 8.69. The molecule has 0 radical (unpaired) electrons. The number of carbonyl (C=O) groups excluding carboxylic acids is 2. The summed E-state index contributed by atoms with van der Waals surface area (Å²) >= 11 is 0. The average molecular weight is 202 g/mol. The van der Waals surface area contributed by atoms with Crippen molar-refractivity contribution in [2.24, 2.45) is 5.73 Å². The van der Waals surface area contributed by atoms with Crippen molar-refractivity contribution in [3.05, 3.63) is 0 Å². The standard InChI is InChI=1S/C7H14N2O2.C3H8/c1-4-9(3)7(11)6(10)5(2)8;1-3-2/h5H,4,8H2,1-3H3;3H2,1-2H3. The van der Waals surface area contributed by atoms with Crippen LogP contribution in [0.4, 0.5) is 0 Å². The van der Waals surface area contributed by atoms with Gasteiger partial charge in [-0.25, -0.2) is 0 Å². The maximum absolute atomic E-state index is 11.0. The third-order valence-corrected chi connectivity index (χ3v) is 1.45. The number of Topliss-reactive ketones (excluding diaryl/α,β-unsaturated/α-hetero) is 1. The van der Waals surface area contributed by atoms with Gasteiger partial charge in [0.2, 0.25) is 5.78 Å². The topological polar surface area (TPSA) is 63.4 Å². The van der Waals surface area contributed by atoms with E-state index >= 15 is 0 Å². The Balaban J connectivity index is 0. The Morgan fingerprint density at radius 2 is 1.64 bits per heavy atom. The molecule has 0 aromatic rings. The summed E-state index contributed by atoms with van der Waals surface area (Å²) in [7, 11) is 1.57. The van der Waals surface area contributed by atoms with E-state index in [1.54, 1.807) is 14.0 Å². The number of hydrogen-bond acceptors (Lipinski definition) is 3. The maximum Gasteiger partial charge on any atom is 0.291 e. The number of nitrogens with zero attached hydrogens (tertiary/aromatic N) is 1. The number of amides is 1. The molecule has 1 amide bonds. The summed E-state index contributed by atoms with van der Waals surface area (Å²) in [5.74, 6) is -1.04. The number of likely N-dealkylation sites (N-methyl/N-ethyl adjacent to an activating group) is 1. The molecule has 0 heterocycles. The molecule has 0 fully saturated rings. The quantitative estimate of drug-likeness (QED) is 0.688. The van der Waals surface area contributed by atoms with Crippen molar-refractivity contribution < 1.29 is 9.59 Å². The third-order valence-electron chi connectivity index (χ3n) is 1.45. The molecule has 0 saturated carbocycles. The van der Waals surface area contributed by atoms with Gasteiger partial charge in [-0.3, -0.25) is 9.59 Å². The first-order valence-electron chi connectivity index (χ1n) is 4.97. The minimum absolute atomic E-state index is 0.512. The maximum atomic E-state index is 11.0. The normalized spacial score (nSPS) is 11.0. The van der Waals surface area contributed by atoms with Crippen LogP contribution < -0.4 is 5.73 Å². The molecule has 0 aromatic carbocycles.